The minimum atomic E-state index is 0.204. The lowest BCUT2D eigenvalue weighted by Gasteiger charge is -2.19. The number of rotatable bonds is 4. The third-order valence-electron chi connectivity index (χ3n) is 3.63. The predicted octanol–water partition coefficient (Wildman–Crippen LogP) is 3.85. The number of hydrogen-bond donors (Lipinski definition) is 1. The molecule has 1 aliphatic heterocycles. The van der Waals surface area contributed by atoms with E-state index in [1.54, 1.807) is 11.3 Å². The molecule has 3 nitrogen and oxygen atoms in total. The average Bonchev–Trinajstić information content (AvgIpc) is 2.96. The molecule has 0 radical (unpaired) electrons. The van der Waals surface area contributed by atoms with Crippen molar-refractivity contribution in [3.63, 3.8) is 0 Å². The van der Waals surface area contributed by atoms with Gasteiger partial charge in [-0.05, 0) is 46.6 Å². The zero-order valence-corrected chi connectivity index (χ0v) is 13.3. The molecule has 1 aromatic carbocycles. The van der Waals surface area contributed by atoms with Crippen molar-refractivity contribution < 1.29 is 9.47 Å². The van der Waals surface area contributed by atoms with Crippen LogP contribution in [0.1, 0.15) is 31.0 Å². The zero-order chi connectivity index (χ0) is 14.7. The van der Waals surface area contributed by atoms with E-state index in [0.717, 1.165) is 18.0 Å². The maximum absolute atomic E-state index is 5.90. The Morgan fingerprint density at radius 1 is 1.19 bits per heavy atom. The van der Waals surface area contributed by atoms with E-state index >= 15 is 0 Å². The van der Waals surface area contributed by atoms with Gasteiger partial charge in [-0.1, -0.05) is 19.9 Å². The van der Waals surface area contributed by atoms with Crippen molar-refractivity contribution in [2.75, 3.05) is 19.8 Å². The number of benzene rings is 1. The molecule has 0 saturated heterocycles. The van der Waals surface area contributed by atoms with Crippen LogP contribution in [0.5, 0.6) is 11.5 Å². The van der Waals surface area contributed by atoms with Crippen LogP contribution in [0.4, 0.5) is 0 Å². The Balaban J connectivity index is 1.91. The third kappa shape index (κ3) is 3.22. The van der Waals surface area contributed by atoms with E-state index in [1.165, 1.54) is 11.1 Å². The number of nitrogens with one attached hydrogen (secondary N) is 1. The second-order valence-electron chi connectivity index (χ2n) is 5.48. The molecule has 0 aliphatic carbocycles. The number of ether oxygens (including phenoxy) is 2. The van der Waals surface area contributed by atoms with Crippen molar-refractivity contribution in [2.45, 2.75) is 19.9 Å². The minimum absolute atomic E-state index is 0.204. The molecule has 3 rings (SSSR count). The van der Waals surface area contributed by atoms with Crippen molar-refractivity contribution in [2.24, 2.45) is 5.92 Å². The van der Waals surface area contributed by atoms with E-state index in [2.05, 4.69) is 48.1 Å². The summed E-state index contributed by atoms with van der Waals surface area (Å²) in [5.74, 6) is 2.13. The SMILES string of the molecule is CCNC(c1ccsc1)c1ccc2c(c1)OCC(C)CO2. The highest BCUT2D eigenvalue weighted by molar-refractivity contribution is 7.08. The van der Waals surface area contributed by atoms with Crippen LogP contribution in [-0.2, 0) is 0 Å². The second kappa shape index (κ2) is 6.50. The first-order chi connectivity index (χ1) is 10.3. The van der Waals surface area contributed by atoms with Crippen molar-refractivity contribution in [3.8, 4) is 11.5 Å². The molecule has 1 aliphatic rings. The monoisotopic (exact) mass is 303 g/mol. The van der Waals surface area contributed by atoms with E-state index in [-0.39, 0.29) is 6.04 Å². The highest BCUT2D eigenvalue weighted by atomic mass is 32.1. The van der Waals surface area contributed by atoms with Gasteiger partial charge in [0.15, 0.2) is 11.5 Å². The van der Waals surface area contributed by atoms with Crippen LogP contribution < -0.4 is 14.8 Å². The second-order valence-corrected chi connectivity index (χ2v) is 6.26. The van der Waals surface area contributed by atoms with Gasteiger partial charge in [0.25, 0.3) is 0 Å². The maximum atomic E-state index is 5.90. The molecule has 0 spiro atoms. The fourth-order valence-electron chi connectivity index (χ4n) is 2.52. The maximum Gasteiger partial charge on any atom is 0.161 e. The number of thiophene rings is 1. The first-order valence-electron chi connectivity index (χ1n) is 7.43. The molecule has 2 atom stereocenters. The molecule has 0 saturated carbocycles. The predicted molar refractivity (Wildman–Crippen MR) is 86.4 cm³/mol. The Bertz CT molecular complexity index is 582. The van der Waals surface area contributed by atoms with Gasteiger partial charge in [-0.25, -0.2) is 0 Å². The Morgan fingerprint density at radius 2 is 2.00 bits per heavy atom. The Morgan fingerprint density at radius 3 is 2.71 bits per heavy atom. The largest absolute Gasteiger partial charge is 0.489 e. The van der Waals surface area contributed by atoms with E-state index in [0.29, 0.717) is 19.1 Å². The molecule has 0 bridgehead atoms. The Labute approximate surface area is 129 Å². The van der Waals surface area contributed by atoms with Gasteiger partial charge >= 0.3 is 0 Å². The molecule has 112 valence electrons. The topological polar surface area (TPSA) is 30.5 Å². The molecular formula is C17H21NO2S. The highest BCUT2D eigenvalue weighted by Crippen LogP contribution is 2.35. The number of hydrogen-bond acceptors (Lipinski definition) is 4. The summed E-state index contributed by atoms with van der Waals surface area (Å²) in [5.41, 5.74) is 2.51. The normalized spacial score (nSPS) is 19.0. The van der Waals surface area contributed by atoms with Gasteiger partial charge in [0.1, 0.15) is 0 Å². The summed E-state index contributed by atoms with van der Waals surface area (Å²) in [6.45, 7) is 6.62. The number of fused-ring (bicyclic) bond motifs is 1. The smallest absolute Gasteiger partial charge is 0.161 e. The highest BCUT2D eigenvalue weighted by Gasteiger charge is 2.19. The summed E-state index contributed by atoms with van der Waals surface area (Å²) in [6.07, 6.45) is 0. The van der Waals surface area contributed by atoms with E-state index in [4.69, 9.17) is 9.47 Å². The van der Waals surface area contributed by atoms with Gasteiger partial charge in [0, 0.05) is 5.92 Å². The van der Waals surface area contributed by atoms with Crippen LogP contribution in [0.3, 0.4) is 0 Å². The lowest BCUT2D eigenvalue weighted by molar-refractivity contribution is 0.228. The molecule has 1 aromatic heterocycles. The van der Waals surface area contributed by atoms with Crippen LogP contribution in [0, 0.1) is 5.92 Å². The minimum Gasteiger partial charge on any atom is -0.489 e. The standard InChI is InChI=1S/C17H21NO2S/c1-3-18-17(14-6-7-21-11-14)13-4-5-15-16(8-13)20-10-12(2)9-19-15/h4-8,11-12,17-18H,3,9-10H2,1-2H3. The summed E-state index contributed by atoms with van der Waals surface area (Å²) in [7, 11) is 0. The molecule has 4 heteroatoms. The van der Waals surface area contributed by atoms with E-state index < -0.39 is 0 Å². The fraction of sp³-hybridized carbons (Fsp3) is 0.412. The average molecular weight is 303 g/mol. The first-order valence-corrected chi connectivity index (χ1v) is 8.37. The van der Waals surface area contributed by atoms with Crippen LogP contribution in [0.15, 0.2) is 35.0 Å². The summed E-state index contributed by atoms with van der Waals surface area (Å²) >= 11 is 1.72. The van der Waals surface area contributed by atoms with Crippen LogP contribution >= 0.6 is 11.3 Å². The van der Waals surface area contributed by atoms with Gasteiger partial charge in [-0.3, -0.25) is 0 Å². The molecule has 1 N–H and O–H groups in total. The molecule has 2 heterocycles. The van der Waals surface area contributed by atoms with Crippen molar-refractivity contribution in [1.82, 2.24) is 5.32 Å². The van der Waals surface area contributed by atoms with Gasteiger partial charge in [-0.15, -0.1) is 0 Å². The zero-order valence-electron chi connectivity index (χ0n) is 12.5. The Hall–Kier alpha value is -1.52. The summed E-state index contributed by atoms with van der Waals surface area (Å²) in [5, 5.41) is 7.85. The fourth-order valence-corrected chi connectivity index (χ4v) is 3.21. The summed E-state index contributed by atoms with van der Waals surface area (Å²) in [6, 6.07) is 8.64. The third-order valence-corrected chi connectivity index (χ3v) is 4.33. The Kier molecular flexibility index (Phi) is 4.46. The van der Waals surface area contributed by atoms with Crippen molar-refractivity contribution in [1.29, 1.82) is 0 Å². The van der Waals surface area contributed by atoms with Crippen molar-refractivity contribution in [3.05, 3.63) is 46.2 Å². The van der Waals surface area contributed by atoms with E-state index in [9.17, 15) is 0 Å². The van der Waals surface area contributed by atoms with Gasteiger partial charge in [0.05, 0.1) is 19.3 Å². The lowest BCUT2D eigenvalue weighted by atomic mass is 10.0. The molecule has 0 fully saturated rings. The molecule has 2 aromatic rings. The summed E-state index contributed by atoms with van der Waals surface area (Å²) < 4.78 is 11.7. The first kappa shape index (κ1) is 14.4. The van der Waals surface area contributed by atoms with Crippen LogP contribution in [0.25, 0.3) is 0 Å². The van der Waals surface area contributed by atoms with E-state index in [1.807, 2.05) is 6.07 Å². The summed E-state index contributed by atoms with van der Waals surface area (Å²) in [4.78, 5) is 0. The van der Waals surface area contributed by atoms with Gasteiger partial charge < -0.3 is 14.8 Å². The molecule has 21 heavy (non-hydrogen) atoms. The van der Waals surface area contributed by atoms with Crippen LogP contribution in [0.2, 0.25) is 0 Å². The quantitative estimate of drug-likeness (QED) is 0.930. The van der Waals surface area contributed by atoms with Crippen LogP contribution in [-0.4, -0.2) is 19.8 Å². The molecule has 0 amide bonds. The van der Waals surface area contributed by atoms with Gasteiger partial charge in [-0.2, -0.15) is 11.3 Å². The lowest BCUT2D eigenvalue weighted by Crippen LogP contribution is -2.21. The van der Waals surface area contributed by atoms with Crippen molar-refractivity contribution >= 4 is 11.3 Å². The molecular weight excluding hydrogens is 282 g/mol. The van der Waals surface area contributed by atoms with Gasteiger partial charge in [0.2, 0.25) is 0 Å². The molecule has 2 unspecified atom stereocenters.